The molecule has 1 heterocycles. The lowest BCUT2D eigenvalue weighted by atomic mass is 10.3. The monoisotopic (exact) mass is 185 g/mol. The molecule has 2 N–H and O–H groups in total. The van der Waals surface area contributed by atoms with E-state index in [2.05, 4.69) is 10.6 Å². The molecule has 1 aliphatic heterocycles. The fourth-order valence-corrected chi connectivity index (χ4v) is 1.00. The third-order valence-electron chi connectivity index (χ3n) is 1.74. The zero-order chi connectivity index (χ0) is 9.84. The van der Waals surface area contributed by atoms with Crippen LogP contribution in [0.15, 0.2) is 0 Å². The van der Waals surface area contributed by atoms with E-state index in [0.717, 1.165) is 4.90 Å². The molecule has 0 radical (unpaired) electrons. The molecular weight excluding hydrogens is 174 g/mol. The van der Waals surface area contributed by atoms with Gasteiger partial charge in [-0.15, -0.1) is 0 Å². The normalized spacial score (nSPS) is 16.8. The van der Waals surface area contributed by atoms with E-state index in [-0.39, 0.29) is 24.8 Å². The summed E-state index contributed by atoms with van der Waals surface area (Å²) in [6.45, 7) is 0.142. The summed E-state index contributed by atoms with van der Waals surface area (Å²) in [4.78, 5) is 34.0. The minimum atomic E-state index is -0.500. The predicted molar refractivity (Wildman–Crippen MR) is 43.8 cm³/mol. The molecule has 0 aromatic carbocycles. The van der Waals surface area contributed by atoms with Crippen molar-refractivity contribution < 1.29 is 14.4 Å². The van der Waals surface area contributed by atoms with Crippen LogP contribution in [-0.4, -0.2) is 42.9 Å². The van der Waals surface area contributed by atoms with Gasteiger partial charge in [-0.05, 0) is 0 Å². The van der Waals surface area contributed by atoms with Gasteiger partial charge in [0.25, 0.3) is 0 Å². The van der Waals surface area contributed by atoms with Crippen molar-refractivity contribution in [1.82, 2.24) is 15.5 Å². The fraction of sp³-hybridized carbons (Fsp3) is 0.571. The SMILES string of the molecule is CNC(=O)CN1C(=O)CCNC1=O. The number of rotatable bonds is 2. The van der Waals surface area contributed by atoms with E-state index in [1.54, 1.807) is 0 Å². The van der Waals surface area contributed by atoms with Crippen LogP contribution in [0.1, 0.15) is 6.42 Å². The van der Waals surface area contributed by atoms with Crippen LogP contribution in [0.5, 0.6) is 0 Å². The second-order valence-electron chi connectivity index (χ2n) is 2.63. The molecular formula is C7H11N3O3. The highest BCUT2D eigenvalue weighted by molar-refractivity contribution is 6.00. The molecule has 72 valence electrons. The number of amides is 4. The van der Waals surface area contributed by atoms with Gasteiger partial charge in [-0.3, -0.25) is 14.5 Å². The minimum Gasteiger partial charge on any atom is -0.358 e. The summed E-state index contributed by atoms with van der Waals surface area (Å²) in [5, 5.41) is 4.82. The molecule has 1 saturated heterocycles. The highest BCUT2D eigenvalue weighted by Crippen LogP contribution is 2.00. The fourth-order valence-electron chi connectivity index (χ4n) is 1.00. The van der Waals surface area contributed by atoms with Crippen LogP contribution in [0.3, 0.4) is 0 Å². The maximum absolute atomic E-state index is 11.1. The van der Waals surface area contributed by atoms with Crippen LogP contribution in [-0.2, 0) is 9.59 Å². The molecule has 6 heteroatoms. The number of likely N-dealkylation sites (N-methyl/N-ethyl adjacent to an activating group) is 1. The van der Waals surface area contributed by atoms with Gasteiger partial charge < -0.3 is 10.6 Å². The van der Waals surface area contributed by atoms with Crippen LogP contribution >= 0.6 is 0 Å². The van der Waals surface area contributed by atoms with Gasteiger partial charge in [-0.25, -0.2) is 4.79 Å². The molecule has 0 saturated carbocycles. The van der Waals surface area contributed by atoms with Crippen molar-refractivity contribution in [2.24, 2.45) is 0 Å². The number of urea groups is 1. The van der Waals surface area contributed by atoms with E-state index in [1.165, 1.54) is 7.05 Å². The van der Waals surface area contributed by atoms with E-state index in [9.17, 15) is 14.4 Å². The number of hydrogen-bond acceptors (Lipinski definition) is 3. The van der Waals surface area contributed by atoms with Gasteiger partial charge in [0.05, 0.1) is 0 Å². The van der Waals surface area contributed by atoms with E-state index in [0.29, 0.717) is 6.54 Å². The van der Waals surface area contributed by atoms with Crippen LogP contribution in [0.4, 0.5) is 4.79 Å². The molecule has 0 unspecified atom stereocenters. The molecule has 0 aromatic rings. The first-order chi connectivity index (χ1) is 6.15. The summed E-state index contributed by atoms with van der Waals surface area (Å²) in [6, 6.07) is -0.500. The highest BCUT2D eigenvalue weighted by Gasteiger charge is 2.26. The Bertz CT molecular complexity index is 235. The predicted octanol–water partition coefficient (Wildman–Crippen LogP) is -1.33. The molecule has 1 rings (SSSR count). The van der Waals surface area contributed by atoms with Crippen molar-refractivity contribution in [2.75, 3.05) is 20.1 Å². The number of nitrogens with zero attached hydrogens (tertiary/aromatic N) is 1. The van der Waals surface area contributed by atoms with Crippen LogP contribution in [0.2, 0.25) is 0 Å². The second kappa shape index (κ2) is 3.88. The zero-order valence-corrected chi connectivity index (χ0v) is 7.29. The number of carbonyl (C=O) groups is 3. The Morgan fingerprint density at radius 1 is 1.62 bits per heavy atom. The molecule has 1 fully saturated rings. The van der Waals surface area contributed by atoms with E-state index in [1.807, 2.05) is 0 Å². The third-order valence-corrected chi connectivity index (χ3v) is 1.74. The first-order valence-electron chi connectivity index (χ1n) is 3.94. The van der Waals surface area contributed by atoms with Crippen molar-refractivity contribution in [3.8, 4) is 0 Å². The van der Waals surface area contributed by atoms with Crippen LogP contribution < -0.4 is 10.6 Å². The average Bonchev–Trinajstić information content (AvgIpc) is 2.11. The molecule has 6 nitrogen and oxygen atoms in total. The second-order valence-corrected chi connectivity index (χ2v) is 2.63. The number of carbonyl (C=O) groups excluding carboxylic acids is 3. The number of nitrogens with one attached hydrogen (secondary N) is 2. The van der Waals surface area contributed by atoms with Crippen molar-refractivity contribution in [1.29, 1.82) is 0 Å². The molecule has 0 aromatic heterocycles. The maximum Gasteiger partial charge on any atom is 0.324 e. The summed E-state index contributed by atoms with van der Waals surface area (Å²) >= 11 is 0. The zero-order valence-electron chi connectivity index (χ0n) is 7.29. The van der Waals surface area contributed by atoms with Gasteiger partial charge in [0.1, 0.15) is 6.54 Å². The summed E-state index contributed by atoms with van der Waals surface area (Å²) in [7, 11) is 1.45. The van der Waals surface area contributed by atoms with Gasteiger partial charge in [-0.2, -0.15) is 0 Å². The largest absolute Gasteiger partial charge is 0.358 e. The molecule has 13 heavy (non-hydrogen) atoms. The summed E-state index contributed by atoms with van der Waals surface area (Å²) in [6.07, 6.45) is 0.253. The quantitative estimate of drug-likeness (QED) is 0.559. The van der Waals surface area contributed by atoms with Crippen molar-refractivity contribution in [3.63, 3.8) is 0 Å². The summed E-state index contributed by atoms with van der Waals surface area (Å²) < 4.78 is 0. The molecule has 0 aliphatic carbocycles. The van der Waals surface area contributed by atoms with Crippen molar-refractivity contribution >= 4 is 17.8 Å². The Morgan fingerprint density at radius 2 is 2.31 bits per heavy atom. The van der Waals surface area contributed by atoms with Gasteiger partial charge in [0, 0.05) is 20.0 Å². The summed E-state index contributed by atoms with van der Waals surface area (Å²) in [5.41, 5.74) is 0. The Hall–Kier alpha value is -1.59. The molecule has 4 amide bonds. The van der Waals surface area contributed by atoms with Crippen LogP contribution in [0.25, 0.3) is 0 Å². The molecule has 0 spiro atoms. The van der Waals surface area contributed by atoms with Gasteiger partial charge in [-0.1, -0.05) is 0 Å². The standard InChI is InChI=1S/C7H11N3O3/c1-8-5(11)4-10-6(12)2-3-9-7(10)13/h2-4H2,1H3,(H,8,11)(H,9,13). The first kappa shape index (κ1) is 9.50. The van der Waals surface area contributed by atoms with E-state index in [4.69, 9.17) is 0 Å². The number of imide groups is 1. The van der Waals surface area contributed by atoms with Gasteiger partial charge in [0.15, 0.2) is 0 Å². The number of hydrogen-bond donors (Lipinski definition) is 2. The van der Waals surface area contributed by atoms with Crippen LogP contribution in [0, 0.1) is 0 Å². The smallest absolute Gasteiger partial charge is 0.324 e. The Balaban J connectivity index is 2.59. The van der Waals surface area contributed by atoms with E-state index < -0.39 is 6.03 Å². The van der Waals surface area contributed by atoms with Gasteiger partial charge >= 0.3 is 6.03 Å². The Kier molecular flexibility index (Phi) is 2.84. The van der Waals surface area contributed by atoms with Crippen molar-refractivity contribution in [3.05, 3.63) is 0 Å². The third kappa shape index (κ3) is 2.17. The van der Waals surface area contributed by atoms with Crippen molar-refractivity contribution in [2.45, 2.75) is 6.42 Å². The minimum absolute atomic E-state index is 0.207. The average molecular weight is 185 g/mol. The van der Waals surface area contributed by atoms with Gasteiger partial charge in [0.2, 0.25) is 11.8 Å². The lowest BCUT2D eigenvalue weighted by Gasteiger charge is -2.24. The Morgan fingerprint density at radius 3 is 2.85 bits per heavy atom. The first-order valence-corrected chi connectivity index (χ1v) is 3.94. The molecule has 0 atom stereocenters. The summed E-state index contributed by atoms with van der Waals surface area (Å²) in [5.74, 6) is -0.669. The Labute approximate surface area is 75.3 Å². The maximum atomic E-state index is 11.1. The van der Waals surface area contributed by atoms with E-state index >= 15 is 0 Å². The lowest BCUT2D eigenvalue weighted by molar-refractivity contribution is -0.133. The highest BCUT2D eigenvalue weighted by atomic mass is 16.2. The topological polar surface area (TPSA) is 78.5 Å². The molecule has 0 bridgehead atoms. The lowest BCUT2D eigenvalue weighted by Crippen LogP contribution is -2.52. The molecule has 1 aliphatic rings.